The fourth-order valence-electron chi connectivity index (χ4n) is 3.85. The average molecular weight is 435 g/mol. The number of hydrogen-bond donors (Lipinski definition) is 2. The van der Waals surface area contributed by atoms with Gasteiger partial charge in [0.15, 0.2) is 5.82 Å². The number of amides is 2. The number of carbonyl (C=O) groups is 2. The van der Waals surface area contributed by atoms with Gasteiger partial charge in [-0.05, 0) is 12.1 Å². The SMILES string of the molecule is CC1CN(C)C(=O)C1(O)C#Cc1cccc(-c2nc(C(N)=O)cc(N3CCOCC3)n2)c1. The lowest BCUT2D eigenvalue weighted by molar-refractivity contribution is -0.138. The second kappa shape index (κ2) is 8.57. The van der Waals surface area contributed by atoms with Crippen LogP contribution in [0.15, 0.2) is 30.3 Å². The predicted octanol–water partition coefficient (Wildman–Crippen LogP) is 0.270. The Hall–Kier alpha value is -3.48. The molecule has 2 aliphatic rings. The van der Waals surface area contributed by atoms with Crippen molar-refractivity contribution in [2.24, 2.45) is 11.7 Å². The summed E-state index contributed by atoms with van der Waals surface area (Å²) in [4.78, 5) is 36.6. The van der Waals surface area contributed by atoms with E-state index in [1.165, 1.54) is 4.90 Å². The van der Waals surface area contributed by atoms with Crippen LogP contribution in [0, 0.1) is 17.8 Å². The summed E-state index contributed by atoms with van der Waals surface area (Å²) in [5, 5.41) is 10.8. The number of primary amides is 1. The van der Waals surface area contributed by atoms with Gasteiger partial charge in [-0.1, -0.05) is 30.9 Å². The van der Waals surface area contributed by atoms with Gasteiger partial charge in [0.05, 0.1) is 13.2 Å². The molecule has 0 saturated carbocycles. The maximum atomic E-state index is 12.3. The number of aromatic nitrogens is 2. The quantitative estimate of drug-likeness (QED) is 0.664. The maximum Gasteiger partial charge on any atom is 0.267 e. The van der Waals surface area contributed by atoms with Gasteiger partial charge in [0, 0.05) is 49.8 Å². The standard InChI is InChI=1S/C23H25N5O4/c1-15-14-27(2)22(30)23(15,31)7-6-16-4-3-5-17(12-16)21-25-18(20(24)29)13-19(26-21)28-8-10-32-11-9-28/h3-5,12-13,15,31H,8-11,14H2,1-2H3,(H2,24,29). The Morgan fingerprint density at radius 2 is 2.03 bits per heavy atom. The minimum Gasteiger partial charge on any atom is -0.378 e. The van der Waals surface area contributed by atoms with E-state index in [1.54, 1.807) is 44.3 Å². The van der Waals surface area contributed by atoms with Crippen molar-refractivity contribution in [2.45, 2.75) is 12.5 Å². The minimum absolute atomic E-state index is 0.121. The van der Waals surface area contributed by atoms with Crippen LogP contribution in [0.4, 0.5) is 5.82 Å². The maximum absolute atomic E-state index is 12.3. The van der Waals surface area contributed by atoms with Crippen molar-refractivity contribution in [1.82, 2.24) is 14.9 Å². The van der Waals surface area contributed by atoms with Crippen LogP contribution in [0.5, 0.6) is 0 Å². The number of carbonyl (C=O) groups excluding carboxylic acids is 2. The van der Waals surface area contributed by atoms with Gasteiger partial charge in [0.25, 0.3) is 11.8 Å². The lowest BCUT2D eigenvalue weighted by atomic mass is 9.92. The van der Waals surface area contributed by atoms with E-state index in [4.69, 9.17) is 10.5 Å². The molecular formula is C23H25N5O4. The monoisotopic (exact) mass is 435 g/mol. The summed E-state index contributed by atoms with van der Waals surface area (Å²) in [6.45, 7) is 4.70. The highest BCUT2D eigenvalue weighted by atomic mass is 16.5. The second-order valence-corrected chi connectivity index (χ2v) is 8.08. The largest absolute Gasteiger partial charge is 0.378 e. The Labute approximate surface area is 186 Å². The highest BCUT2D eigenvalue weighted by Gasteiger charge is 2.48. The van der Waals surface area contributed by atoms with E-state index in [0.29, 0.717) is 55.6 Å². The molecule has 1 aromatic carbocycles. The van der Waals surface area contributed by atoms with Gasteiger partial charge in [-0.2, -0.15) is 0 Å². The van der Waals surface area contributed by atoms with Gasteiger partial charge >= 0.3 is 0 Å². The fourth-order valence-corrected chi connectivity index (χ4v) is 3.85. The molecule has 2 unspecified atom stereocenters. The first-order chi connectivity index (χ1) is 15.3. The van der Waals surface area contributed by atoms with E-state index in [1.807, 2.05) is 4.90 Å². The third-order valence-electron chi connectivity index (χ3n) is 5.75. The first-order valence-corrected chi connectivity index (χ1v) is 10.4. The zero-order valence-corrected chi connectivity index (χ0v) is 18.0. The molecule has 9 heteroatoms. The van der Waals surface area contributed by atoms with E-state index in [-0.39, 0.29) is 11.6 Å². The molecule has 0 aliphatic carbocycles. The molecule has 2 aliphatic heterocycles. The molecule has 3 N–H and O–H groups in total. The summed E-state index contributed by atoms with van der Waals surface area (Å²) in [6.07, 6.45) is 0. The molecule has 32 heavy (non-hydrogen) atoms. The summed E-state index contributed by atoms with van der Waals surface area (Å²) >= 11 is 0. The molecule has 2 amide bonds. The second-order valence-electron chi connectivity index (χ2n) is 8.08. The molecular weight excluding hydrogens is 410 g/mol. The molecule has 1 aromatic heterocycles. The molecule has 2 aromatic rings. The minimum atomic E-state index is -1.71. The van der Waals surface area contributed by atoms with Crippen LogP contribution in [-0.2, 0) is 9.53 Å². The van der Waals surface area contributed by atoms with Gasteiger partial charge in [-0.3, -0.25) is 9.59 Å². The number of rotatable bonds is 3. The summed E-state index contributed by atoms with van der Waals surface area (Å²) in [6, 6.07) is 8.70. The molecule has 0 radical (unpaired) electrons. The smallest absolute Gasteiger partial charge is 0.267 e. The predicted molar refractivity (Wildman–Crippen MR) is 118 cm³/mol. The Bertz CT molecular complexity index is 1120. The molecule has 3 heterocycles. The number of likely N-dealkylation sites (N-methyl/N-ethyl adjacent to an activating group) is 1. The van der Waals surface area contributed by atoms with Crippen LogP contribution in [-0.4, -0.2) is 77.3 Å². The van der Waals surface area contributed by atoms with E-state index in [9.17, 15) is 14.7 Å². The number of likely N-dealkylation sites (tertiary alicyclic amines) is 1. The summed E-state index contributed by atoms with van der Waals surface area (Å²) in [7, 11) is 1.65. The first-order valence-electron chi connectivity index (χ1n) is 10.4. The Kier molecular flexibility index (Phi) is 5.82. The Morgan fingerprint density at radius 3 is 2.69 bits per heavy atom. The van der Waals surface area contributed by atoms with Crippen molar-refractivity contribution in [3.63, 3.8) is 0 Å². The van der Waals surface area contributed by atoms with Crippen molar-refractivity contribution in [2.75, 3.05) is 44.8 Å². The normalized spacial score (nSPS) is 23.1. The molecule has 0 bridgehead atoms. The summed E-state index contributed by atoms with van der Waals surface area (Å²) < 4.78 is 5.39. The van der Waals surface area contributed by atoms with Gasteiger partial charge in [0.2, 0.25) is 5.60 Å². The summed E-state index contributed by atoms with van der Waals surface area (Å²) in [5.41, 5.74) is 5.14. The third kappa shape index (κ3) is 4.15. The first kappa shape index (κ1) is 21.7. The number of ether oxygens (including phenoxy) is 1. The van der Waals surface area contributed by atoms with Crippen molar-refractivity contribution < 1.29 is 19.4 Å². The number of anilines is 1. The van der Waals surface area contributed by atoms with Crippen LogP contribution in [0.1, 0.15) is 23.0 Å². The highest BCUT2D eigenvalue weighted by Crippen LogP contribution is 2.27. The van der Waals surface area contributed by atoms with Crippen LogP contribution < -0.4 is 10.6 Å². The number of nitrogens with two attached hydrogens (primary N) is 1. The fraction of sp³-hybridized carbons (Fsp3) is 0.391. The average Bonchev–Trinajstić information content (AvgIpc) is 3.00. The molecule has 2 atom stereocenters. The van der Waals surface area contributed by atoms with Crippen LogP contribution in [0.25, 0.3) is 11.4 Å². The third-order valence-corrected chi connectivity index (χ3v) is 5.75. The molecule has 166 valence electrons. The Balaban J connectivity index is 1.69. The Morgan fingerprint density at radius 1 is 1.28 bits per heavy atom. The molecule has 4 rings (SSSR count). The van der Waals surface area contributed by atoms with Crippen LogP contribution in [0.2, 0.25) is 0 Å². The number of morpholine rings is 1. The van der Waals surface area contributed by atoms with Crippen molar-refractivity contribution in [3.8, 4) is 23.2 Å². The molecule has 9 nitrogen and oxygen atoms in total. The van der Waals surface area contributed by atoms with Gasteiger partial charge in [-0.25, -0.2) is 9.97 Å². The number of aliphatic hydroxyl groups is 1. The topological polar surface area (TPSA) is 122 Å². The van der Waals surface area contributed by atoms with Crippen LogP contribution >= 0.6 is 0 Å². The molecule has 2 saturated heterocycles. The van der Waals surface area contributed by atoms with E-state index in [2.05, 4.69) is 21.8 Å². The van der Waals surface area contributed by atoms with Crippen molar-refractivity contribution in [3.05, 3.63) is 41.6 Å². The zero-order valence-electron chi connectivity index (χ0n) is 18.0. The lowest BCUT2D eigenvalue weighted by Crippen LogP contribution is -2.40. The number of nitrogens with zero attached hydrogens (tertiary/aromatic N) is 4. The van der Waals surface area contributed by atoms with Crippen molar-refractivity contribution >= 4 is 17.6 Å². The van der Waals surface area contributed by atoms with Crippen LogP contribution in [0.3, 0.4) is 0 Å². The van der Waals surface area contributed by atoms with Gasteiger partial charge in [-0.15, -0.1) is 0 Å². The zero-order chi connectivity index (χ0) is 22.9. The van der Waals surface area contributed by atoms with Gasteiger partial charge < -0.3 is 25.4 Å². The number of benzene rings is 1. The van der Waals surface area contributed by atoms with Gasteiger partial charge in [0.1, 0.15) is 11.5 Å². The molecule has 2 fully saturated rings. The molecule has 0 spiro atoms. The lowest BCUT2D eigenvalue weighted by Gasteiger charge is -2.28. The van der Waals surface area contributed by atoms with E-state index < -0.39 is 17.4 Å². The van der Waals surface area contributed by atoms with Crippen molar-refractivity contribution in [1.29, 1.82) is 0 Å². The summed E-state index contributed by atoms with van der Waals surface area (Å²) in [5.74, 6) is 5.27. The highest BCUT2D eigenvalue weighted by molar-refractivity contribution is 5.92. The van der Waals surface area contributed by atoms with E-state index >= 15 is 0 Å². The van der Waals surface area contributed by atoms with E-state index in [0.717, 1.165) is 0 Å². The number of hydrogen-bond acceptors (Lipinski definition) is 7.